The average molecular weight is 735 g/mol. The molecule has 2 unspecified atom stereocenters. The second-order valence-electron chi connectivity index (χ2n) is 19.8. The molecule has 0 aliphatic heterocycles. The van der Waals surface area contributed by atoms with Crippen LogP contribution in [-0.4, -0.2) is 11.3 Å². The van der Waals surface area contributed by atoms with Gasteiger partial charge in [-0.15, -0.1) is 0 Å². The van der Waals surface area contributed by atoms with E-state index < -0.39 is 15.8 Å². The summed E-state index contributed by atoms with van der Waals surface area (Å²) < 4.78 is 0. The molecular formula is C50H72P2. The topological polar surface area (TPSA) is 0 Å². The molecule has 0 N–H and O–H groups in total. The van der Waals surface area contributed by atoms with E-state index in [1.165, 1.54) is 22.3 Å². The van der Waals surface area contributed by atoms with Gasteiger partial charge in [-0.25, -0.2) is 0 Å². The molecule has 0 saturated heterocycles. The van der Waals surface area contributed by atoms with Crippen molar-refractivity contribution < 1.29 is 0 Å². The van der Waals surface area contributed by atoms with Gasteiger partial charge in [0.05, 0.1) is 0 Å². The number of rotatable bonds is 10. The maximum atomic E-state index is 2.67. The largest absolute Gasteiger partial charge is 0.0648 e. The average Bonchev–Trinajstić information content (AvgIpc) is 3.04. The van der Waals surface area contributed by atoms with Crippen molar-refractivity contribution in [2.75, 3.05) is 0 Å². The van der Waals surface area contributed by atoms with Crippen molar-refractivity contribution in [3.8, 4) is 0 Å². The van der Waals surface area contributed by atoms with Crippen LogP contribution in [-0.2, 0) is 21.7 Å². The molecule has 2 atom stereocenters. The Hall–Kier alpha value is -2.26. The third-order valence-corrected chi connectivity index (χ3v) is 18.1. The van der Waals surface area contributed by atoms with E-state index in [-0.39, 0.29) is 27.1 Å². The van der Waals surface area contributed by atoms with Gasteiger partial charge in [0.15, 0.2) is 0 Å². The van der Waals surface area contributed by atoms with Crippen LogP contribution >= 0.6 is 15.8 Å². The van der Waals surface area contributed by atoms with Crippen molar-refractivity contribution in [1.82, 2.24) is 0 Å². The Morgan fingerprint density at radius 2 is 0.596 bits per heavy atom. The highest BCUT2D eigenvalue weighted by atomic mass is 31.1. The molecule has 4 rings (SSSR count). The van der Waals surface area contributed by atoms with Crippen LogP contribution in [0.4, 0.5) is 0 Å². The molecule has 0 aromatic heterocycles. The molecule has 0 aliphatic rings. The minimum absolute atomic E-state index is 0.0375. The van der Waals surface area contributed by atoms with Crippen molar-refractivity contribution in [3.63, 3.8) is 0 Å². The zero-order valence-electron chi connectivity index (χ0n) is 36.1. The first-order valence-electron chi connectivity index (χ1n) is 20.0. The van der Waals surface area contributed by atoms with Crippen molar-refractivity contribution >= 4 is 37.1 Å². The van der Waals surface area contributed by atoms with Crippen LogP contribution in [0.15, 0.2) is 97.1 Å². The van der Waals surface area contributed by atoms with Crippen LogP contribution in [0, 0.1) is 11.3 Å². The zero-order chi connectivity index (χ0) is 39.0. The summed E-state index contributed by atoms with van der Waals surface area (Å²) in [6.07, 6.45) is 1.13. The Labute approximate surface area is 323 Å². The van der Waals surface area contributed by atoms with Crippen molar-refractivity contribution in [1.29, 1.82) is 0 Å². The third kappa shape index (κ3) is 8.50. The Morgan fingerprint density at radius 1 is 0.385 bits per heavy atom. The lowest BCUT2D eigenvalue weighted by Crippen LogP contribution is -2.50. The van der Waals surface area contributed by atoms with Crippen molar-refractivity contribution in [2.45, 2.75) is 157 Å². The summed E-state index contributed by atoms with van der Waals surface area (Å²) in [6, 6.07) is 38.0. The summed E-state index contributed by atoms with van der Waals surface area (Å²) in [5.41, 5.74) is 7.02. The van der Waals surface area contributed by atoms with E-state index in [0.717, 1.165) is 6.42 Å². The van der Waals surface area contributed by atoms with Crippen LogP contribution in [0.2, 0.25) is 0 Å². The van der Waals surface area contributed by atoms with E-state index in [4.69, 9.17) is 0 Å². The van der Waals surface area contributed by atoms with E-state index in [9.17, 15) is 0 Å². The lowest BCUT2D eigenvalue weighted by molar-refractivity contribution is 0.176. The maximum Gasteiger partial charge on any atom is -0.00919 e. The van der Waals surface area contributed by atoms with Gasteiger partial charge in [0, 0.05) is 0 Å². The molecule has 4 aromatic rings. The summed E-state index contributed by atoms with van der Waals surface area (Å²) >= 11 is 0. The van der Waals surface area contributed by atoms with Gasteiger partial charge in [-0.2, -0.15) is 0 Å². The minimum atomic E-state index is -0.754. The highest BCUT2D eigenvalue weighted by Crippen LogP contribution is 2.62. The number of hydrogen-bond acceptors (Lipinski definition) is 0. The van der Waals surface area contributed by atoms with Gasteiger partial charge in [-0.1, -0.05) is 215 Å². The highest BCUT2D eigenvalue weighted by Gasteiger charge is 2.51. The third-order valence-electron chi connectivity index (χ3n) is 11.9. The molecule has 0 aliphatic carbocycles. The molecule has 0 heterocycles. The molecule has 0 bridgehead atoms. The first-order chi connectivity index (χ1) is 24.0. The molecule has 0 spiro atoms. The van der Waals surface area contributed by atoms with Gasteiger partial charge in [-0.3, -0.25) is 0 Å². The summed E-state index contributed by atoms with van der Waals surface area (Å²) in [4.78, 5) is 0. The highest BCUT2D eigenvalue weighted by molar-refractivity contribution is 7.75. The van der Waals surface area contributed by atoms with E-state index in [1.54, 1.807) is 21.2 Å². The molecule has 0 saturated carbocycles. The Bertz CT molecular complexity index is 1540. The van der Waals surface area contributed by atoms with Gasteiger partial charge in [0.25, 0.3) is 0 Å². The second kappa shape index (κ2) is 15.8. The van der Waals surface area contributed by atoms with Crippen molar-refractivity contribution in [2.24, 2.45) is 11.3 Å². The van der Waals surface area contributed by atoms with E-state index >= 15 is 0 Å². The molecule has 52 heavy (non-hydrogen) atoms. The number of hydrogen-bond donors (Lipinski definition) is 0. The fourth-order valence-corrected chi connectivity index (χ4v) is 17.5. The quantitative estimate of drug-likeness (QED) is 0.142. The molecule has 0 fully saturated rings. The van der Waals surface area contributed by atoms with Crippen LogP contribution in [0.1, 0.15) is 146 Å². The molecule has 0 nitrogen and oxygen atoms in total. The molecular weight excluding hydrogens is 662 g/mol. The zero-order valence-corrected chi connectivity index (χ0v) is 37.9. The lowest BCUT2D eigenvalue weighted by atomic mass is 9.70. The normalized spacial score (nSPS) is 15.6. The molecule has 282 valence electrons. The van der Waals surface area contributed by atoms with Crippen molar-refractivity contribution in [3.05, 3.63) is 119 Å². The van der Waals surface area contributed by atoms with E-state index in [1.807, 2.05) is 0 Å². The molecule has 0 amide bonds. The van der Waals surface area contributed by atoms with Gasteiger partial charge < -0.3 is 0 Å². The standard InChI is InChI=1S/C50H72P2/c1-18-50(35(2)3,36(4)51(42-31-23-19-27-38(42)46(6,7)8)43-32-24-20-28-39(43)47(9,10)11)37(5)52(44-33-25-21-29-40(44)48(12,13)14)45-34-26-22-30-41(45)49(15,16)17/h19-37H,18H2,1-17H3. The lowest BCUT2D eigenvalue weighted by Gasteiger charge is -2.53. The monoisotopic (exact) mass is 735 g/mol. The van der Waals surface area contributed by atoms with Gasteiger partial charge in [0.1, 0.15) is 0 Å². The molecule has 2 heteroatoms. The SMILES string of the molecule is CCC(C(C)C)(C(C)P(c1ccccc1C(C)(C)C)c1ccccc1C(C)(C)C)C(C)P(c1ccccc1C(C)(C)C)c1ccccc1C(C)(C)C. The first-order valence-corrected chi connectivity index (χ1v) is 22.8. The summed E-state index contributed by atoms with van der Waals surface area (Å²) in [7, 11) is -1.51. The second-order valence-corrected chi connectivity index (χ2v) is 24.7. The molecule has 4 aromatic carbocycles. The summed E-state index contributed by atoms with van der Waals surface area (Å²) in [5.74, 6) is 0.477. The summed E-state index contributed by atoms with van der Waals surface area (Å²) in [5, 5.41) is 6.26. The van der Waals surface area contributed by atoms with Crippen LogP contribution < -0.4 is 21.2 Å². The fraction of sp³-hybridized carbons (Fsp3) is 0.520. The smallest absolute Gasteiger partial charge is 0.00919 e. The predicted molar refractivity (Wildman–Crippen MR) is 239 cm³/mol. The number of benzene rings is 4. The minimum Gasteiger partial charge on any atom is -0.0648 e. The van der Waals surface area contributed by atoms with Gasteiger partial charge in [-0.05, 0) is 110 Å². The maximum absolute atomic E-state index is 2.67. The van der Waals surface area contributed by atoms with E-state index in [0.29, 0.717) is 17.2 Å². The van der Waals surface area contributed by atoms with E-state index in [2.05, 4.69) is 215 Å². The Morgan fingerprint density at radius 3 is 0.769 bits per heavy atom. The summed E-state index contributed by atoms with van der Waals surface area (Å²) in [6.45, 7) is 41.8. The Balaban J connectivity index is 2.16. The van der Waals surface area contributed by atoms with Gasteiger partial charge in [0.2, 0.25) is 0 Å². The Kier molecular flexibility index (Phi) is 12.9. The van der Waals surface area contributed by atoms with Crippen LogP contribution in [0.5, 0.6) is 0 Å². The van der Waals surface area contributed by atoms with Gasteiger partial charge >= 0.3 is 0 Å². The predicted octanol–water partition coefficient (Wildman–Crippen LogP) is 13.3. The molecule has 0 radical (unpaired) electrons. The fourth-order valence-electron chi connectivity index (χ4n) is 9.16. The van der Waals surface area contributed by atoms with Crippen LogP contribution in [0.3, 0.4) is 0 Å². The first kappa shape index (κ1) is 42.5. The van der Waals surface area contributed by atoms with Crippen LogP contribution in [0.25, 0.3) is 0 Å².